The molecule has 0 spiro atoms. The van der Waals surface area contributed by atoms with Crippen molar-refractivity contribution in [3.8, 4) is 5.75 Å². The third kappa shape index (κ3) is 3.27. The van der Waals surface area contributed by atoms with E-state index in [2.05, 4.69) is 10.1 Å². The smallest absolute Gasteiger partial charge is 0.249 e. The molecular weight excluding hydrogens is 306 g/mol. The molecule has 1 aromatic heterocycles. The van der Waals surface area contributed by atoms with Gasteiger partial charge in [-0.15, -0.1) is 0 Å². The SMILES string of the molecule is COc1ccc(CN2C(=O)CCC2c2nc(C(C)(C)C)no2)cc1. The number of hydrogen-bond acceptors (Lipinski definition) is 5. The van der Waals surface area contributed by atoms with Crippen LogP contribution in [0.1, 0.15) is 56.9 Å². The summed E-state index contributed by atoms with van der Waals surface area (Å²) in [4.78, 5) is 18.6. The van der Waals surface area contributed by atoms with Crippen LogP contribution in [-0.2, 0) is 16.8 Å². The molecule has 1 saturated heterocycles. The van der Waals surface area contributed by atoms with Gasteiger partial charge < -0.3 is 14.2 Å². The van der Waals surface area contributed by atoms with Crippen molar-refractivity contribution in [3.05, 3.63) is 41.5 Å². The zero-order valence-corrected chi connectivity index (χ0v) is 14.6. The first kappa shape index (κ1) is 16.5. The summed E-state index contributed by atoms with van der Waals surface area (Å²) in [6.45, 7) is 6.64. The number of ether oxygens (including phenoxy) is 1. The molecule has 0 radical (unpaired) electrons. The molecule has 3 rings (SSSR count). The quantitative estimate of drug-likeness (QED) is 0.861. The van der Waals surface area contributed by atoms with Crippen LogP contribution in [0, 0.1) is 0 Å². The normalized spacial score (nSPS) is 18.2. The van der Waals surface area contributed by atoms with Crippen molar-refractivity contribution in [3.63, 3.8) is 0 Å². The Morgan fingerprint density at radius 1 is 1.29 bits per heavy atom. The van der Waals surface area contributed by atoms with E-state index in [9.17, 15) is 4.79 Å². The van der Waals surface area contributed by atoms with Gasteiger partial charge in [-0.1, -0.05) is 38.1 Å². The van der Waals surface area contributed by atoms with Crippen LogP contribution in [0.15, 0.2) is 28.8 Å². The maximum atomic E-state index is 12.3. The summed E-state index contributed by atoms with van der Waals surface area (Å²) in [6.07, 6.45) is 1.22. The van der Waals surface area contributed by atoms with Gasteiger partial charge in [0.25, 0.3) is 0 Å². The predicted molar refractivity (Wildman–Crippen MR) is 88.5 cm³/mol. The first-order valence-corrected chi connectivity index (χ1v) is 8.15. The first-order chi connectivity index (χ1) is 11.4. The Kier molecular flexibility index (Phi) is 4.30. The topological polar surface area (TPSA) is 68.5 Å². The van der Waals surface area contributed by atoms with Crippen LogP contribution in [0.2, 0.25) is 0 Å². The fourth-order valence-electron chi connectivity index (χ4n) is 2.79. The van der Waals surface area contributed by atoms with E-state index in [4.69, 9.17) is 9.26 Å². The molecule has 6 heteroatoms. The molecule has 0 bridgehead atoms. The zero-order valence-electron chi connectivity index (χ0n) is 14.6. The molecule has 0 aliphatic carbocycles. The number of benzene rings is 1. The van der Waals surface area contributed by atoms with Gasteiger partial charge in [0.1, 0.15) is 11.8 Å². The Labute approximate surface area is 141 Å². The summed E-state index contributed by atoms with van der Waals surface area (Å²) in [6, 6.07) is 7.58. The second-order valence-electron chi connectivity index (χ2n) is 7.13. The van der Waals surface area contributed by atoms with Crippen molar-refractivity contribution in [2.45, 2.75) is 51.6 Å². The fourth-order valence-corrected chi connectivity index (χ4v) is 2.79. The van der Waals surface area contributed by atoms with Gasteiger partial charge in [-0.3, -0.25) is 4.79 Å². The molecule has 1 unspecified atom stereocenters. The lowest BCUT2D eigenvalue weighted by Crippen LogP contribution is -2.27. The van der Waals surface area contributed by atoms with Crippen molar-refractivity contribution >= 4 is 5.91 Å². The minimum atomic E-state index is -0.175. The third-order valence-corrected chi connectivity index (χ3v) is 4.24. The van der Waals surface area contributed by atoms with Crippen molar-refractivity contribution in [1.29, 1.82) is 0 Å². The van der Waals surface area contributed by atoms with E-state index in [0.717, 1.165) is 11.3 Å². The molecule has 6 nitrogen and oxygen atoms in total. The van der Waals surface area contributed by atoms with Crippen molar-refractivity contribution in [1.82, 2.24) is 15.0 Å². The van der Waals surface area contributed by atoms with Gasteiger partial charge in [0.2, 0.25) is 11.8 Å². The molecule has 128 valence electrons. The molecule has 0 N–H and O–H groups in total. The van der Waals surface area contributed by atoms with Crippen LogP contribution in [0.25, 0.3) is 0 Å². The Balaban J connectivity index is 1.80. The average Bonchev–Trinajstić information content (AvgIpc) is 3.16. The van der Waals surface area contributed by atoms with Crippen LogP contribution >= 0.6 is 0 Å². The number of methoxy groups -OCH3 is 1. The number of likely N-dealkylation sites (tertiary alicyclic amines) is 1. The van der Waals surface area contributed by atoms with Gasteiger partial charge in [0.05, 0.1) is 7.11 Å². The summed E-state index contributed by atoms with van der Waals surface area (Å²) in [5.41, 5.74) is 0.872. The lowest BCUT2D eigenvalue weighted by Gasteiger charge is -2.22. The van der Waals surface area contributed by atoms with E-state index in [1.807, 2.05) is 49.9 Å². The molecule has 1 amide bonds. The molecule has 1 atom stereocenters. The van der Waals surface area contributed by atoms with E-state index in [1.165, 1.54) is 0 Å². The van der Waals surface area contributed by atoms with Gasteiger partial charge in [-0.2, -0.15) is 4.98 Å². The van der Waals surface area contributed by atoms with Crippen molar-refractivity contribution in [2.75, 3.05) is 7.11 Å². The Hall–Kier alpha value is -2.37. The lowest BCUT2D eigenvalue weighted by atomic mass is 9.96. The maximum absolute atomic E-state index is 12.3. The maximum Gasteiger partial charge on any atom is 0.249 e. The summed E-state index contributed by atoms with van der Waals surface area (Å²) in [7, 11) is 1.64. The molecule has 1 aromatic carbocycles. The second kappa shape index (κ2) is 6.26. The number of rotatable bonds is 4. The molecule has 2 heterocycles. The summed E-state index contributed by atoms with van der Waals surface area (Å²) in [5, 5.41) is 4.08. The number of carbonyl (C=O) groups is 1. The standard InChI is InChI=1S/C18H23N3O3/c1-18(2,3)17-19-16(24-20-17)14-9-10-15(22)21(14)11-12-5-7-13(23-4)8-6-12/h5-8,14H,9-11H2,1-4H3. The predicted octanol–water partition coefficient (Wildman–Crippen LogP) is 3.24. The van der Waals surface area contributed by atoms with Gasteiger partial charge in [-0.05, 0) is 24.1 Å². The summed E-state index contributed by atoms with van der Waals surface area (Å²) in [5.74, 6) is 2.11. The molecule has 1 aliphatic heterocycles. The van der Waals surface area contributed by atoms with Crippen molar-refractivity contribution < 1.29 is 14.1 Å². The minimum Gasteiger partial charge on any atom is -0.497 e. The largest absolute Gasteiger partial charge is 0.497 e. The molecule has 2 aromatic rings. The highest BCUT2D eigenvalue weighted by atomic mass is 16.5. The van der Waals surface area contributed by atoms with E-state index < -0.39 is 0 Å². The lowest BCUT2D eigenvalue weighted by molar-refractivity contribution is -0.129. The Morgan fingerprint density at radius 3 is 2.58 bits per heavy atom. The van der Waals surface area contributed by atoms with Crippen LogP contribution in [-0.4, -0.2) is 28.1 Å². The van der Waals surface area contributed by atoms with Crippen molar-refractivity contribution in [2.24, 2.45) is 0 Å². The zero-order chi connectivity index (χ0) is 17.3. The highest BCUT2D eigenvalue weighted by molar-refractivity contribution is 5.78. The van der Waals surface area contributed by atoms with Crippen LogP contribution < -0.4 is 4.74 Å². The van der Waals surface area contributed by atoms with E-state index in [-0.39, 0.29) is 17.4 Å². The fraction of sp³-hybridized carbons (Fsp3) is 0.500. The summed E-state index contributed by atoms with van der Waals surface area (Å²) < 4.78 is 10.6. The third-order valence-electron chi connectivity index (χ3n) is 4.24. The minimum absolute atomic E-state index is 0.117. The van der Waals surface area contributed by atoms with Crippen LogP contribution in [0.4, 0.5) is 0 Å². The molecule has 0 saturated carbocycles. The molecular formula is C18H23N3O3. The summed E-state index contributed by atoms with van der Waals surface area (Å²) >= 11 is 0. The Bertz CT molecular complexity index is 716. The number of nitrogens with zero attached hydrogens (tertiary/aromatic N) is 3. The molecule has 24 heavy (non-hydrogen) atoms. The number of aromatic nitrogens is 2. The number of carbonyl (C=O) groups excluding carboxylic acids is 1. The van der Waals surface area contributed by atoms with Crippen LogP contribution in [0.5, 0.6) is 5.75 Å². The van der Waals surface area contributed by atoms with Gasteiger partial charge >= 0.3 is 0 Å². The highest BCUT2D eigenvalue weighted by Crippen LogP contribution is 2.34. The molecule has 1 aliphatic rings. The number of amides is 1. The first-order valence-electron chi connectivity index (χ1n) is 8.15. The van der Waals surface area contributed by atoms with E-state index >= 15 is 0 Å². The van der Waals surface area contributed by atoms with E-state index in [1.54, 1.807) is 7.11 Å². The van der Waals surface area contributed by atoms with Gasteiger partial charge in [0.15, 0.2) is 5.82 Å². The van der Waals surface area contributed by atoms with Gasteiger partial charge in [-0.25, -0.2) is 0 Å². The molecule has 1 fully saturated rings. The van der Waals surface area contributed by atoms with Crippen LogP contribution in [0.3, 0.4) is 0 Å². The Morgan fingerprint density at radius 2 is 2.00 bits per heavy atom. The highest BCUT2D eigenvalue weighted by Gasteiger charge is 2.36. The van der Waals surface area contributed by atoms with Gasteiger partial charge in [0, 0.05) is 18.4 Å². The number of hydrogen-bond donors (Lipinski definition) is 0. The van der Waals surface area contributed by atoms with E-state index in [0.29, 0.717) is 31.1 Å². The second-order valence-corrected chi connectivity index (χ2v) is 7.13. The monoisotopic (exact) mass is 329 g/mol. The average molecular weight is 329 g/mol.